The molecule has 2 rings (SSSR count). The third-order valence-electron chi connectivity index (χ3n) is 2.98. The Kier molecular flexibility index (Phi) is 4.18. The fourth-order valence-electron chi connectivity index (χ4n) is 1.97. The Labute approximate surface area is 124 Å². The van der Waals surface area contributed by atoms with Crippen molar-refractivity contribution in [2.75, 3.05) is 23.7 Å². The van der Waals surface area contributed by atoms with Gasteiger partial charge in [-0.05, 0) is 36.8 Å². The second-order valence-corrected chi connectivity index (χ2v) is 6.66. The fourth-order valence-corrected chi connectivity index (χ4v) is 3.14. The SMILES string of the molecule is Cc1cccc(S(=O)(=O)Nc2cc(F)ccc2N(C)C)c1. The third kappa shape index (κ3) is 3.52. The summed E-state index contributed by atoms with van der Waals surface area (Å²) in [6.45, 7) is 1.81. The van der Waals surface area contributed by atoms with E-state index in [9.17, 15) is 12.8 Å². The van der Waals surface area contributed by atoms with E-state index in [0.717, 1.165) is 5.56 Å². The van der Waals surface area contributed by atoms with Gasteiger partial charge in [0, 0.05) is 20.2 Å². The van der Waals surface area contributed by atoms with Crippen LogP contribution in [-0.4, -0.2) is 22.5 Å². The molecule has 0 aromatic heterocycles. The van der Waals surface area contributed by atoms with E-state index >= 15 is 0 Å². The van der Waals surface area contributed by atoms with Crippen LogP contribution < -0.4 is 9.62 Å². The van der Waals surface area contributed by atoms with Crippen LogP contribution in [0.1, 0.15) is 5.56 Å². The number of aryl methyl sites for hydroxylation is 1. The number of rotatable bonds is 4. The highest BCUT2D eigenvalue weighted by Crippen LogP contribution is 2.27. The maximum atomic E-state index is 13.4. The minimum atomic E-state index is -3.75. The summed E-state index contributed by atoms with van der Waals surface area (Å²) >= 11 is 0. The van der Waals surface area contributed by atoms with E-state index in [2.05, 4.69) is 4.72 Å². The number of hydrogen-bond acceptors (Lipinski definition) is 3. The molecule has 0 spiro atoms. The fraction of sp³-hybridized carbons (Fsp3) is 0.200. The standard InChI is InChI=1S/C15H17FN2O2S/c1-11-5-4-6-13(9-11)21(19,20)17-14-10-12(16)7-8-15(14)18(2)3/h4-10,17H,1-3H3. The Bertz CT molecular complexity index is 758. The van der Waals surface area contributed by atoms with Crippen molar-refractivity contribution in [1.82, 2.24) is 0 Å². The van der Waals surface area contributed by atoms with E-state index in [1.165, 1.54) is 24.3 Å². The van der Waals surface area contributed by atoms with Gasteiger partial charge in [0.05, 0.1) is 16.3 Å². The zero-order valence-corrected chi connectivity index (χ0v) is 12.9. The first kappa shape index (κ1) is 15.3. The van der Waals surface area contributed by atoms with E-state index in [1.807, 2.05) is 13.0 Å². The number of nitrogens with zero attached hydrogens (tertiary/aromatic N) is 1. The first-order valence-electron chi connectivity index (χ1n) is 6.36. The van der Waals surface area contributed by atoms with Crippen LogP contribution in [0, 0.1) is 12.7 Å². The van der Waals surface area contributed by atoms with Gasteiger partial charge in [0.25, 0.3) is 10.0 Å². The lowest BCUT2D eigenvalue weighted by atomic mass is 10.2. The quantitative estimate of drug-likeness (QED) is 0.944. The van der Waals surface area contributed by atoms with Gasteiger partial charge in [0.15, 0.2) is 0 Å². The van der Waals surface area contributed by atoms with Crippen LogP contribution in [0.4, 0.5) is 15.8 Å². The zero-order valence-electron chi connectivity index (χ0n) is 12.1. The van der Waals surface area contributed by atoms with Crippen molar-refractivity contribution in [2.45, 2.75) is 11.8 Å². The number of halogens is 1. The molecular formula is C15H17FN2O2S. The van der Waals surface area contributed by atoms with Gasteiger partial charge in [-0.25, -0.2) is 12.8 Å². The Balaban J connectivity index is 2.44. The summed E-state index contributed by atoms with van der Waals surface area (Å²) in [7, 11) is -0.229. The molecule has 112 valence electrons. The third-order valence-corrected chi connectivity index (χ3v) is 4.35. The van der Waals surface area contributed by atoms with Gasteiger partial charge in [-0.3, -0.25) is 4.72 Å². The minimum Gasteiger partial charge on any atom is -0.376 e. The van der Waals surface area contributed by atoms with Crippen molar-refractivity contribution < 1.29 is 12.8 Å². The molecule has 0 amide bonds. The number of anilines is 2. The number of hydrogen-bond donors (Lipinski definition) is 1. The van der Waals surface area contributed by atoms with E-state index in [1.54, 1.807) is 31.1 Å². The number of nitrogens with one attached hydrogen (secondary N) is 1. The Hall–Kier alpha value is -2.08. The van der Waals surface area contributed by atoms with Gasteiger partial charge in [-0.1, -0.05) is 12.1 Å². The predicted molar refractivity (Wildman–Crippen MR) is 82.7 cm³/mol. The molecule has 0 aliphatic carbocycles. The van der Waals surface area contributed by atoms with Crippen molar-refractivity contribution >= 4 is 21.4 Å². The molecule has 0 saturated carbocycles. The van der Waals surface area contributed by atoms with Crippen LogP contribution in [0.2, 0.25) is 0 Å². The molecule has 0 aliphatic heterocycles. The van der Waals surface area contributed by atoms with Crippen LogP contribution in [0.15, 0.2) is 47.4 Å². The van der Waals surface area contributed by atoms with Crippen molar-refractivity contribution in [3.05, 3.63) is 53.8 Å². The summed E-state index contributed by atoms with van der Waals surface area (Å²) in [6.07, 6.45) is 0. The highest BCUT2D eigenvalue weighted by molar-refractivity contribution is 7.92. The van der Waals surface area contributed by atoms with Crippen molar-refractivity contribution in [1.29, 1.82) is 0 Å². The van der Waals surface area contributed by atoms with E-state index in [4.69, 9.17) is 0 Å². The highest BCUT2D eigenvalue weighted by atomic mass is 32.2. The summed E-state index contributed by atoms with van der Waals surface area (Å²) in [5.74, 6) is -0.498. The van der Waals surface area contributed by atoms with Crippen LogP contribution in [0.25, 0.3) is 0 Å². The van der Waals surface area contributed by atoms with Crippen LogP contribution in [-0.2, 0) is 10.0 Å². The summed E-state index contributed by atoms with van der Waals surface area (Å²) in [5, 5.41) is 0. The highest BCUT2D eigenvalue weighted by Gasteiger charge is 2.17. The second-order valence-electron chi connectivity index (χ2n) is 4.98. The number of sulfonamides is 1. The smallest absolute Gasteiger partial charge is 0.261 e. The molecule has 1 N–H and O–H groups in total. The molecule has 2 aromatic carbocycles. The zero-order chi connectivity index (χ0) is 15.6. The predicted octanol–water partition coefficient (Wildman–Crippen LogP) is 3.00. The van der Waals surface area contributed by atoms with Crippen LogP contribution in [0.3, 0.4) is 0 Å². The molecular weight excluding hydrogens is 291 g/mol. The Morgan fingerprint density at radius 2 is 1.81 bits per heavy atom. The van der Waals surface area contributed by atoms with Gasteiger partial charge in [-0.15, -0.1) is 0 Å². The summed E-state index contributed by atoms with van der Waals surface area (Å²) in [5.41, 5.74) is 1.64. The van der Waals surface area contributed by atoms with Crippen LogP contribution in [0.5, 0.6) is 0 Å². The largest absolute Gasteiger partial charge is 0.376 e. The Morgan fingerprint density at radius 1 is 1.10 bits per heavy atom. The Morgan fingerprint density at radius 3 is 2.43 bits per heavy atom. The van der Waals surface area contributed by atoms with E-state index in [0.29, 0.717) is 5.69 Å². The van der Waals surface area contributed by atoms with Gasteiger partial charge >= 0.3 is 0 Å². The lowest BCUT2D eigenvalue weighted by Crippen LogP contribution is -2.17. The first-order valence-corrected chi connectivity index (χ1v) is 7.84. The summed E-state index contributed by atoms with van der Waals surface area (Å²) in [6, 6.07) is 10.5. The van der Waals surface area contributed by atoms with Gasteiger partial charge in [-0.2, -0.15) is 0 Å². The second kappa shape index (κ2) is 5.73. The van der Waals surface area contributed by atoms with Gasteiger partial charge in [0.2, 0.25) is 0 Å². The molecule has 0 radical (unpaired) electrons. The lowest BCUT2D eigenvalue weighted by Gasteiger charge is -2.18. The maximum Gasteiger partial charge on any atom is 0.261 e. The van der Waals surface area contributed by atoms with Crippen LogP contribution >= 0.6 is 0 Å². The monoisotopic (exact) mass is 308 g/mol. The molecule has 2 aromatic rings. The lowest BCUT2D eigenvalue weighted by molar-refractivity contribution is 0.601. The molecule has 0 heterocycles. The van der Waals surface area contributed by atoms with Crippen molar-refractivity contribution in [3.8, 4) is 0 Å². The molecule has 6 heteroatoms. The molecule has 0 atom stereocenters. The summed E-state index contributed by atoms with van der Waals surface area (Å²) < 4.78 is 40.6. The van der Waals surface area contributed by atoms with E-state index < -0.39 is 15.8 Å². The van der Waals surface area contributed by atoms with Crippen molar-refractivity contribution in [2.24, 2.45) is 0 Å². The molecule has 0 unspecified atom stereocenters. The normalized spacial score (nSPS) is 11.2. The summed E-state index contributed by atoms with van der Waals surface area (Å²) in [4.78, 5) is 1.87. The number of benzene rings is 2. The molecule has 0 fully saturated rings. The van der Waals surface area contributed by atoms with E-state index in [-0.39, 0.29) is 10.6 Å². The minimum absolute atomic E-state index is 0.150. The molecule has 21 heavy (non-hydrogen) atoms. The average Bonchev–Trinajstić information content (AvgIpc) is 2.38. The molecule has 0 aliphatic rings. The molecule has 0 saturated heterocycles. The molecule has 4 nitrogen and oxygen atoms in total. The topological polar surface area (TPSA) is 49.4 Å². The van der Waals surface area contributed by atoms with Crippen molar-refractivity contribution in [3.63, 3.8) is 0 Å². The maximum absolute atomic E-state index is 13.4. The average molecular weight is 308 g/mol. The van der Waals surface area contributed by atoms with Gasteiger partial charge < -0.3 is 4.90 Å². The molecule has 0 bridgehead atoms. The first-order chi connectivity index (χ1) is 9.79. The van der Waals surface area contributed by atoms with Gasteiger partial charge in [0.1, 0.15) is 5.82 Å².